The van der Waals surface area contributed by atoms with Crippen LogP contribution in [0.4, 0.5) is 0 Å². The Kier molecular flexibility index (Phi) is 5.92. The fourth-order valence-electron chi connectivity index (χ4n) is 4.17. The van der Waals surface area contributed by atoms with Gasteiger partial charge in [-0.3, -0.25) is 8.98 Å². The highest BCUT2D eigenvalue weighted by Gasteiger charge is 2.57. The molecule has 0 aromatic heterocycles. The van der Waals surface area contributed by atoms with E-state index in [9.17, 15) is 4.79 Å². The van der Waals surface area contributed by atoms with Gasteiger partial charge in [0, 0.05) is 39.7 Å². The van der Waals surface area contributed by atoms with E-state index >= 15 is 0 Å². The van der Waals surface area contributed by atoms with Gasteiger partial charge in [0.15, 0.2) is 0 Å². The minimum Gasteiger partial charge on any atom is -0.342 e. The van der Waals surface area contributed by atoms with Crippen molar-refractivity contribution in [3.05, 3.63) is 12.7 Å². The molecule has 1 saturated heterocycles. The number of hydrogen-bond acceptors (Lipinski definition) is 3. The van der Waals surface area contributed by atoms with Crippen molar-refractivity contribution in [3.63, 3.8) is 0 Å². The summed E-state index contributed by atoms with van der Waals surface area (Å²) in [6.07, 6.45) is 8.53. The average Bonchev–Trinajstić information content (AvgIpc) is 2.42. The molecular weight excluding hydrogens is 409 g/mol. The molecule has 2 fully saturated rings. The summed E-state index contributed by atoms with van der Waals surface area (Å²) >= 11 is 2.21. The summed E-state index contributed by atoms with van der Waals surface area (Å²) in [6, 6.07) is 0. The van der Waals surface area contributed by atoms with E-state index in [2.05, 4.69) is 32.7 Å². The number of piperidine rings is 1. The van der Waals surface area contributed by atoms with E-state index in [-0.39, 0.29) is 16.4 Å². The van der Waals surface area contributed by atoms with Gasteiger partial charge in [-0.05, 0) is 43.9 Å². The van der Waals surface area contributed by atoms with Gasteiger partial charge in [-0.15, -0.1) is 6.58 Å². The number of likely N-dealkylation sites (tertiary alicyclic amines) is 1. The van der Waals surface area contributed by atoms with Crippen LogP contribution < -0.4 is 0 Å². The summed E-state index contributed by atoms with van der Waals surface area (Å²) < 4.78 is 6.01. The summed E-state index contributed by atoms with van der Waals surface area (Å²) in [7, 11) is 1.45. The fraction of sp³-hybridized carbons (Fsp3) is 0.824. The van der Waals surface area contributed by atoms with Crippen molar-refractivity contribution in [1.82, 2.24) is 4.90 Å². The van der Waals surface area contributed by atoms with Crippen LogP contribution in [0.3, 0.4) is 0 Å². The maximum atomic E-state index is 12.6. The van der Waals surface area contributed by atoms with Crippen molar-refractivity contribution in [1.29, 1.82) is 0 Å². The molecule has 2 aliphatic rings. The number of allylic oxidation sites excluding steroid dienone is 1. The second-order valence-electron chi connectivity index (χ2n) is 8.09. The van der Waals surface area contributed by atoms with Crippen LogP contribution in [0.1, 0.15) is 59.3 Å². The molecule has 2 rings (SSSR count). The van der Waals surface area contributed by atoms with Crippen LogP contribution in [-0.4, -0.2) is 29.5 Å². The lowest BCUT2D eigenvalue weighted by atomic mass is 9.55. The number of nitrogens with zero attached hydrogens (tertiary/aromatic N) is 1. The predicted octanol–water partition coefficient (Wildman–Crippen LogP) is 5.15. The lowest BCUT2D eigenvalue weighted by molar-refractivity contribution is -0.158. The Morgan fingerprint density at radius 2 is 2.14 bits per heavy atom. The first-order valence-corrected chi connectivity index (χ1v) is 11.4. The molecule has 0 aromatic rings. The SMILES string of the molecule is C=CCCC1(OSI)CC2(CCCN(C(=O)C(C)(C)C)C2)C1. The Morgan fingerprint density at radius 1 is 1.45 bits per heavy atom. The van der Waals surface area contributed by atoms with E-state index in [4.69, 9.17) is 4.18 Å². The van der Waals surface area contributed by atoms with Crippen LogP contribution >= 0.6 is 30.4 Å². The summed E-state index contributed by atoms with van der Waals surface area (Å²) in [4.78, 5) is 14.7. The number of hydrogen-bond donors (Lipinski definition) is 0. The van der Waals surface area contributed by atoms with Gasteiger partial charge in [0.2, 0.25) is 5.91 Å². The molecule has 1 aliphatic heterocycles. The molecule has 0 atom stereocenters. The van der Waals surface area contributed by atoms with Crippen molar-refractivity contribution < 1.29 is 8.98 Å². The maximum absolute atomic E-state index is 12.6. The van der Waals surface area contributed by atoms with Crippen LogP contribution in [0.15, 0.2) is 12.7 Å². The Hall–Kier alpha value is 0.250. The lowest BCUT2D eigenvalue weighted by Crippen LogP contribution is -2.60. The van der Waals surface area contributed by atoms with Crippen LogP contribution in [0.2, 0.25) is 0 Å². The summed E-state index contributed by atoms with van der Waals surface area (Å²) in [5.74, 6) is 0.291. The van der Waals surface area contributed by atoms with E-state index < -0.39 is 0 Å². The number of carbonyl (C=O) groups excluding carboxylic acids is 1. The molecule has 1 amide bonds. The first-order chi connectivity index (χ1) is 10.3. The van der Waals surface area contributed by atoms with Crippen LogP contribution in [0, 0.1) is 10.8 Å². The Labute approximate surface area is 151 Å². The second kappa shape index (κ2) is 7.01. The number of amides is 1. The smallest absolute Gasteiger partial charge is 0.227 e. The average molecular weight is 437 g/mol. The molecule has 1 spiro atoms. The van der Waals surface area contributed by atoms with E-state index in [1.54, 1.807) is 0 Å². The van der Waals surface area contributed by atoms with Gasteiger partial charge in [-0.1, -0.05) is 26.8 Å². The van der Waals surface area contributed by atoms with Gasteiger partial charge >= 0.3 is 0 Å². The topological polar surface area (TPSA) is 29.5 Å². The Bertz CT molecular complexity index is 427. The first-order valence-electron chi connectivity index (χ1n) is 8.13. The maximum Gasteiger partial charge on any atom is 0.227 e. The summed E-state index contributed by atoms with van der Waals surface area (Å²) in [6.45, 7) is 11.7. The van der Waals surface area contributed by atoms with E-state index in [0.29, 0.717) is 5.91 Å². The van der Waals surface area contributed by atoms with Crippen molar-refractivity contribution in [2.75, 3.05) is 13.1 Å². The van der Waals surface area contributed by atoms with Gasteiger partial charge in [-0.2, -0.15) is 0 Å². The zero-order valence-corrected chi connectivity index (χ0v) is 17.0. The van der Waals surface area contributed by atoms with Gasteiger partial charge in [0.25, 0.3) is 0 Å². The van der Waals surface area contributed by atoms with Crippen LogP contribution in [0.5, 0.6) is 0 Å². The Balaban J connectivity index is 2.01. The number of carbonyl (C=O) groups is 1. The number of rotatable bonds is 5. The van der Waals surface area contributed by atoms with Gasteiger partial charge in [0.1, 0.15) is 0 Å². The quantitative estimate of drug-likeness (QED) is 0.338. The van der Waals surface area contributed by atoms with Gasteiger partial charge in [-0.25, -0.2) is 0 Å². The van der Waals surface area contributed by atoms with Crippen LogP contribution in [-0.2, 0) is 8.98 Å². The van der Waals surface area contributed by atoms with E-state index in [0.717, 1.165) is 45.2 Å². The minimum atomic E-state index is -0.281. The molecule has 0 unspecified atom stereocenters. The third-order valence-electron chi connectivity index (χ3n) is 5.00. The van der Waals surface area contributed by atoms with E-state index in [1.165, 1.54) is 15.6 Å². The number of halogens is 1. The van der Waals surface area contributed by atoms with Crippen molar-refractivity contribution in [2.45, 2.75) is 64.9 Å². The fourth-order valence-corrected chi connectivity index (χ4v) is 5.65. The lowest BCUT2D eigenvalue weighted by Gasteiger charge is -2.59. The highest BCUT2D eigenvalue weighted by Crippen LogP contribution is 2.58. The summed E-state index contributed by atoms with van der Waals surface area (Å²) in [5, 5.41) is 0. The third-order valence-corrected chi connectivity index (χ3v) is 5.95. The normalized spacial score (nSPS) is 31.9. The molecule has 1 saturated carbocycles. The molecule has 1 aliphatic carbocycles. The molecule has 5 heteroatoms. The third kappa shape index (κ3) is 4.01. The highest BCUT2D eigenvalue weighted by molar-refractivity contribution is 14.2. The highest BCUT2D eigenvalue weighted by atomic mass is 127. The molecular formula is C17H28INO2S. The molecule has 126 valence electrons. The van der Waals surface area contributed by atoms with Crippen molar-refractivity contribution in [3.8, 4) is 0 Å². The molecule has 1 heterocycles. The standard InChI is InChI=1S/C17H28INO2S/c1-5-6-9-17(21-22-18)11-16(12-17)8-7-10-19(13-16)14(20)15(2,3)4/h5H,1,6-13H2,2-4H3. The van der Waals surface area contributed by atoms with E-state index in [1.807, 2.05) is 26.8 Å². The molecule has 0 N–H and O–H groups in total. The zero-order valence-electron chi connectivity index (χ0n) is 14.0. The summed E-state index contributed by atoms with van der Waals surface area (Å²) in [5.41, 5.74) is -0.00268. The molecule has 22 heavy (non-hydrogen) atoms. The van der Waals surface area contributed by atoms with Crippen molar-refractivity contribution in [2.24, 2.45) is 10.8 Å². The molecule has 0 aromatic carbocycles. The van der Waals surface area contributed by atoms with Crippen LogP contribution in [0.25, 0.3) is 0 Å². The Morgan fingerprint density at radius 3 is 2.68 bits per heavy atom. The second-order valence-corrected chi connectivity index (χ2v) is 9.46. The first kappa shape index (κ1) is 18.6. The zero-order chi connectivity index (χ0) is 16.4. The predicted molar refractivity (Wildman–Crippen MR) is 102 cm³/mol. The minimum absolute atomic E-state index is 0.00611. The largest absolute Gasteiger partial charge is 0.342 e. The van der Waals surface area contributed by atoms with Gasteiger partial charge in [0.05, 0.1) is 14.8 Å². The van der Waals surface area contributed by atoms with Gasteiger partial charge < -0.3 is 4.90 Å². The molecule has 3 nitrogen and oxygen atoms in total. The van der Waals surface area contributed by atoms with Crippen molar-refractivity contribution >= 4 is 36.3 Å². The monoisotopic (exact) mass is 437 g/mol. The molecule has 0 bridgehead atoms. The molecule has 0 radical (unpaired) electrons.